The molecule has 1 fully saturated rings. The summed E-state index contributed by atoms with van der Waals surface area (Å²) in [5.41, 5.74) is 1.28. The van der Waals surface area contributed by atoms with Crippen LogP contribution in [0.2, 0.25) is 0 Å². The van der Waals surface area contributed by atoms with Gasteiger partial charge in [-0.25, -0.2) is 0 Å². The van der Waals surface area contributed by atoms with E-state index in [9.17, 15) is 10.1 Å². The van der Waals surface area contributed by atoms with Crippen molar-refractivity contribution in [3.8, 4) is 6.07 Å². The van der Waals surface area contributed by atoms with Gasteiger partial charge in [0, 0.05) is 24.0 Å². The van der Waals surface area contributed by atoms with Gasteiger partial charge < -0.3 is 4.90 Å². The molecule has 0 bridgehead atoms. The van der Waals surface area contributed by atoms with Gasteiger partial charge >= 0.3 is 0 Å². The molecule has 0 saturated carbocycles. The summed E-state index contributed by atoms with van der Waals surface area (Å²) in [4.78, 5) is 18.4. The molecule has 4 heteroatoms. The molecule has 1 saturated heterocycles. The second-order valence-corrected chi connectivity index (χ2v) is 5.81. The first-order valence-electron chi connectivity index (χ1n) is 6.59. The minimum atomic E-state index is -0.359. The molecule has 1 atom stereocenters. The predicted molar refractivity (Wildman–Crippen MR) is 72.4 cm³/mol. The van der Waals surface area contributed by atoms with Crippen LogP contribution in [0.1, 0.15) is 42.7 Å². The Balaban J connectivity index is 2.30. The number of hydrogen-bond acceptors (Lipinski definition) is 3. The maximum atomic E-state index is 12.6. The number of hydrogen-bond donors (Lipinski definition) is 0. The number of aryl methyl sites for hydroxylation is 1. The fourth-order valence-electron chi connectivity index (χ4n) is 2.70. The molecule has 0 spiro atoms. The number of likely N-dealkylation sites (tertiary alicyclic amines) is 1. The van der Waals surface area contributed by atoms with Crippen LogP contribution in [0.25, 0.3) is 0 Å². The molecule has 1 aliphatic rings. The molecule has 4 nitrogen and oxygen atoms in total. The van der Waals surface area contributed by atoms with Crippen molar-refractivity contribution >= 4 is 5.91 Å². The zero-order chi connectivity index (χ0) is 14.0. The summed E-state index contributed by atoms with van der Waals surface area (Å²) in [5.74, 6) is -0.0650. The zero-order valence-corrected chi connectivity index (χ0v) is 11.7. The lowest BCUT2D eigenvalue weighted by molar-refractivity contribution is 0.0438. The van der Waals surface area contributed by atoms with Crippen molar-refractivity contribution in [2.24, 2.45) is 5.41 Å². The number of nitriles is 1. The third-order valence-electron chi connectivity index (χ3n) is 3.80. The lowest BCUT2D eigenvalue weighted by atomic mass is 9.77. The zero-order valence-electron chi connectivity index (χ0n) is 11.7. The van der Waals surface area contributed by atoms with Crippen molar-refractivity contribution in [1.29, 1.82) is 5.26 Å². The summed E-state index contributed by atoms with van der Waals surface area (Å²) in [6.07, 6.45) is 3.56. The van der Waals surface area contributed by atoms with Gasteiger partial charge in [0.25, 0.3) is 5.91 Å². The van der Waals surface area contributed by atoms with Crippen LogP contribution in [0.3, 0.4) is 0 Å². The molecule has 0 radical (unpaired) electrons. The SMILES string of the molecule is Cc1cc(C(=O)N2CCCC(C)(C)[C@H]2C#N)ccn1. The van der Waals surface area contributed by atoms with E-state index in [1.165, 1.54) is 0 Å². The molecule has 1 aromatic heterocycles. The summed E-state index contributed by atoms with van der Waals surface area (Å²) < 4.78 is 0. The standard InChI is InChI=1S/C15H19N3O/c1-11-9-12(5-7-17-11)14(19)18-8-4-6-15(2,3)13(18)10-16/h5,7,9,13H,4,6,8H2,1-3H3/t13-/m1/s1. The molecular formula is C15H19N3O. The van der Waals surface area contributed by atoms with Gasteiger partial charge in [0.15, 0.2) is 0 Å². The largest absolute Gasteiger partial charge is 0.322 e. The Morgan fingerprint density at radius 3 is 2.95 bits per heavy atom. The Kier molecular flexibility index (Phi) is 3.57. The number of carbonyl (C=O) groups excluding carboxylic acids is 1. The van der Waals surface area contributed by atoms with E-state index in [1.54, 1.807) is 23.2 Å². The lowest BCUT2D eigenvalue weighted by Crippen LogP contribution is -2.51. The molecule has 1 aromatic rings. The van der Waals surface area contributed by atoms with Crippen molar-refractivity contribution in [2.45, 2.75) is 39.7 Å². The molecule has 1 amide bonds. The molecule has 2 heterocycles. The normalized spacial score (nSPS) is 21.8. The number of nitrogens with zero attached hydrogens (tertiary/aromatic N) is 3. The summed E-state index contributed by atoms with van der Waals surface area (Å²) in [6.45, 7) is 6.62. The van der Waals surface area contributed by atoms with Gasteiger partial charge in [-0.15, -0.1) is 0 Å². The highest BCUT2D eigenvalue weighted by Crippen LogP contribution is 2.35. The first kappa shape index (κ1) is 13.5. The second-order valence-electron chi connectivity index (χ2n) is 5.81. The molecule has 0 aliphatic carbocycles. The monoisotopic (exact) mass is 257 g/mol. The molecule has 19 heavy (non-hydrogen) atoms. The van der Waals surface area contributed by atoms with Crippen LogP contribution in [0, 0.1) is 23.7 Å². The fourth-order valence-corrected chi connectivity index (χ4v) is 2.70. The molecule has 1 aliphatic heterocycles. The van der Waals surface area contributed by atoms with Gasteiger partial charge in [-0.2, -0.15) is 5.26 Å². The molecule has 100 valence electrons. The summed E-state index contributed by atoms with van der Waals surface area (Å²) in [7, 11) is 0. The first-order chi connectivity index (χ1) is 8.95. The predicted octanol–water partition coefficient (Wildman–Crippen LogP) is 2.54. The van der Waals surface area contributed by atoms with E-state index >= 15 is 0 Å². The van der Waals surface area contributed by atoms with E-state index in [-0.39, 0.29) is 17.4 Å². The Morgan fingerprint density at radius 2 is 2.32 bits per heavy atom. The van der Waals surface area contributed by atoms with E-state index in [0.29, 0.717) is 12.1 Å². The quantitative estimate of drug-likeness (QED) is 0.776. The lowest BCUT2D eigenvalue weighted by Gasteiger charge is -2.42. The van der Waals surface area contributed by atoms with E-state index < -0.39 is 0 Å². The van der Waals surface area contributed by atoms with E-state index in [4.69, 9.17) is 0 Å². The van der Waals surface area contributed by atoms with Gasteiger partial charge in [-0.1, -0.05) is 13.8 Å². The average Bonchev–Trinajstić information content (AvgIpc) is 2.36. The van der Waals surface area contributed by atoms with Crippen molar-refractivity contribution < 1.29 is 4.79 Å². The molecule has 0 unspecified atom stereocenters. The third-order valence-corrected chi connectivity index (χ3v) is 3.80. The number of aromatic nitrogens is 1. The maximum absolute atomic E-state index is 12.6. The van der Waals surface area contributed by atoms with Crippen molar-refractivity contribution in [1.82, 2.24) is 9.88 Å². The highest BCUT2D eigenvalue weighted by molar-refractivity contribution is 5.94. The maximum Gasteiger partial charge on any atom is 0.255 e. The van der Waals surface area contributed by atoms with Gasteiger partial charge in [-0.05, 0) is 37.3 Å². The van der Waals surface area contributed by atoms with E-state index in [2.05, 4.69) is 24.9 Å². The summed E-state index contributed by atoms with van der Waals surface area (Å²) in [6, 6.07) is 5.43. The summed E-state index contributed by atoms with van der Waals surface area (Å²) >= 11 is 0. The fraction of sp³-hybridized carbons (Fsp3) is 0.533. The van der Waals surface area contributed by atoms with Crippen molar-refractivity contribution in [3.05, 3.63) is 29.6 Å². The van der Waals surface area contributed by atoms with Crippen LogP contribution in [-0.2, 0) is 0 Å². The van der Waals surface area contributed by atoms with Crippen molar-refractivity contribution in [3.63, 3.8) is 0 Å². The number of amides is 1. The number of piperidine rings is 1. The Bertz CT molecular complexity index is 530. The van der Waals surface area contributed by atoms with Gasteiger partial charge in [0.05, 0.1) is 6.07 Å². The topological polar surface area (TPSA) is 57.0 Å². The van der Waals surface area contributed by atoms with E-state index in [0.717, 1.165) is 18.5 Å². The van der Waals surface area contributed by atoms with Crippen LogP contribution in [0.5, 0.6) is 0 Å². The highest BCUT2D eigenvalue weighted by atomic mass is 16.2. The first-order valence-corrected chi connectivity index (χ1v) is 6.59. The van der Waals surface area contributed by atoms with E-state index in [1.807, 2.05) is 6.92 Å². The van der Waals surface area contributed by atoms with Gasteiger partial charge in [0.2, 0.25) is 0 Å². The van der Waals surface area contributed by atoms with Crippen LogP contribution in [0.4, 0.5) is 0 Å². The Morgan fingerprint density at radius 1 is 1.58 bits per heavy atom. The number of pyridine rings is 1. The highest BCUT2D eigenvalue weighted by Gasteiger charge is 2.40. The number of rotatable bonds is 1. The average molecular weight is 257 g/mol. The smallest absolute Gasteiger partial charge is 0.255 e. The van der Waals surface area contributed by atoms with Gasteiger partial charge in [0.1, 0.15) is 6.04 Å². The Hall–Kier alpha value is -1.89. The van der Waals surface area contributed by atoms with Crippen molar-refractivity contribution in [2.75, 3.05) is 6.54 Å². The molecular weight excluding hydrogens is 238 g/mol. The minimum Gasteiger partial charge on any atom is -0.322 e. The second kappa shape index (κ2) is 5.00. The summed E-state index contributed by atoms with van der Waals surface area (Å²) in [5, 5.41) is 9.39. The van der Waals surface area contributed by atoms with Crippen LogP contribution < -0.4 is 0 Å². The molecule has 0 aromatic carbocycles. The third kappa shape index (κ3) is 2.60. The van der Waals surface area contributed by atoms with Crippen LogP contribution >= 0.6 is 0 Å². The molecule has 0 N–H and O–H groups in total. The van der Waals surface area contributed by atoms with Gasteiger partial charge in [-0.3, -0.25) is 9.78 Å². The Labute approximate surface area is 114 Å². The number of carbonyl (C=O) groups is 1. The van der Waals surface area contributed by atoms with Crippen LogP contribution in [-0.4, -0.2) is 28.4 Å². The van der Waals surface area contributed by atoms with Crippen LogP contribution in [0.15, 0.2) is 18.3 Å². The minimum absolute atomic E-state index is 0.0650. The molecule has 2 rings (SSSR count).